The first-order chi connectivity index (χ1) is 13.0. The molecule has 1 unspecified atom stereocenters. The minimum absolute atomic E-state index is 0.0605. The molecule has 1 heterocycles. The zero-order valence-corrected chi connectivity index (χ0v) is 15.8. The predicted octanol–water partition coefficient (Wildman–Crippen LogP) is 4.56. The molecule has 27 heavy (non-hydrogen) atoms. The van der Waals surface area contributed by atoms with Gasteiger partial charge >= 0.3 is 0 Å². The lowest BCUT2D eigenvalue weighted by Gasteiger charge is -2.22. The van der Waals surface area contributed by atoms with Gasteiger partial charge in [-0.05, 0) is 23.6 Å². The van der Waals surface area contributed by atoms with E-state index in [1.165, 1.54) is 6.92 Å². The summed E-state index contributed by atoms with van der Waals surface area (Å²) in [6.45, 7) is 5.78. The van der Waals surface area contributed by atoms with Gasteiger partial charge in [-0.3, -0.25) is 9.59 Å². The van der Waals surface area contributed by atoms with Gasteiger partial charge < -0.3 is 15.1 Å². The van der Waals surface area contributed by atoms with Crippen molar-refractivity contribution < 1.29 is 14.0 Å². The van der Waals surface area contributed by atoms with Crippen molar-refractivity contribution in [2.45, 2.75) is 26.8 Å². The van der Waals surface area contributed by atoms with Crippen molar-refractivity contribution in [2.24, 2.45) is 5.92 Å². The molecule has 1 amide bonds. The number of amides is 1. The predicted molar refractivity (Wildman–Crippen MR) is 107 cm³/mol. The van der Waals surface area contributed by atoms with Crippen LogP contribution in [0.3, 0.4) is 0 Å². The molecule has 0 saturated carbocycles. The number of benzene rings is 2. The Morgan fingerprint density at radius 1 is 1.00 bits per heavy atom. The lowest BCUT2D eigenvalue weighted by Crippen LogP contribution is -2.33. The van der Waals surface area contributed by atoms with Crippen LogP contribution >= 0.6 is 0 Å². The third-order valence-corrected chi connectivity index (χ3v) is 4.49. The highest BCUT2D eigenvalue weighted by Gasteiger charge is 2.21. The third-order valence-electron chi connectivity index (χ3n) is 4.49. The number of carbonyl (C=O) groups is 2. The maximum absolute atomic E-state index is 12.6. The molecule has 0 radical (unpaired) electrons. The molecule has 3 aromatic rings. The zero-order valence-electron chi connectivity index (χ0n) is 15.8. The highest BCUT2D eigenvalue weighted by atomic mass is 16.3. The van der Waals surface area contributed by atoms with Crippen LogP contribution < -0.4 is 10.6 Å². The molecule has 0 spiro atoms. The van der Waals surface area contributed by atoms with E-state index in [4.69, 9.17) is 4.42 Å². The first-order valence-electron chi connectivity index (χ1n) is 9.08. The van der Waals surface area contributed by atoms with Crippen LogP contribution in [0.25, 0.3) is 11.0 Å². The number of hydrogen-bond acceptors (Lipinski definition) is 4. The van der Waals surface area contributed by atoms with Crippen LogP contribution in [0, 0.1) is 5.92 Å². The summed E-state index contributed by atoms with van der Waals surface area (Å²) in [6.07, 6.45) is 0. The Morgan fingerprint density at radius 3 is 2.33 bits per heavy atom. The number of carbonyl (C=O) groups excluding carboxylic acids is 2. The van der Waals surface area contributed by atoms with E-state index in [9.17, 15) is 9.59 Å². The Kier molecular flexibility index (Phi) is 5.72. The number of rotatable bonds is 7. The van der Waals surface area contributed by atoms with Gasteiger partial charge in [-0.2, -0.15) is 0 Å². The van der Waals surface area contributed by atoms with E-state index >= 15 is 0 Å². The van der Waals surface area contributed by atoms with E-state index in [0.717, 1.165) is 10.9 Å². The molecule has 0 saturated heterocycles. The van der Waals surface area contributed by atoms with Crippen LogP contribution in [0.4, 0.5) is 5.69 Å². The van der Waals surface area contributed by atoms with E-state index < -0.39 is 0 Å². The molecule has 0 bridgehead atoms. The number of hydrogen-bond donors (Lipinski definition) is 2. The third kappa shape index (κ3) is 4.26. The quantitative estimate of drug-likeness (QED) is 0.603. The van der Waals surface area contributed by atoms with Crippen LogP contribution in [-0.2, 0) is 4.79 Å². The van der Waals surface area contributed by atoms with Gasteiger partial charge in [-0.1, -0.05) is 56.3 Å². The highest BCUT2D eigenvalue weighted by Crippen LogP contribution is 2.31. The van der Waals surface area contributed by atoms with E-state index in [0.29, 0.717) is 17.2 Å². The second kappa shape index (κ2) is 8.18. The Morgan fingerprint density at radius 2 is 1.67 bits per heavy atom. The molecule has 0 fully saturated rings. The van der Waals surface area contributed by atoms with Crippen molar-refractivity contribution in [3.63, 3.8) is 0 Å². The second-order valence-electron chi connectivity index (χ2n) is 6.92. The average Bonchev–Trinajstić information content (AvgIpc) is 3.01. The molecule has 1 aromatic heterocycles. The number of nitrogens with one attached hydrogen (secondary N) is 2. The Hall–Kier alpha value is -2.92. The Bertz CT molecular complexity index is 945. The maximum Gasteiger partial charge on any atom is 0.238 e. The summed E-state index contributed by atoms with van der Waals surface area (Å²) < 4.78 is 5.61. The maximum atomic E-state index is 12.6. The lowest BCUT2D eigenvalue weighted by atomic mass is 9.96. The summed E-state index contributed by atoms with van der Waals surface area (Å²) in [6, 6.07) is 17.4. The van der Waals surface area contributed by atoms with Gasteiger partial charge in [0.15, 0.2) is 11.5 Å². The van der Waals surface area contributed by atoms with Gasteiger partial charge in [0.1, 0.15) is 5.58 Å². The van der Waals surface area contributed by atoms with Crippen LogP contribution in [0.15, 0.2) is 59.0 Å². The lowest BCUT2D eigenvalue weighted by molar-refractivity contribution is -0.115. The summed E-state index contributed by atoms with van der Waals surface area (Å²) in [5, 5.41) is 6.88. The number of fused-ring (bicyclic) bond motifs is 1. The molecule has 2 N–H and O–H groups in total. The first-order valence-corrected chi connectivity index (χ1v) is 9.08. The van der Waals surface area contributed by atoms with Gasteiger partial charge in [0.25, 0.3) is 0 Å². The minimum Gasteiger partial charge on any atom is -0.451 e. The van der Waals surface area contributed by atoms with Crippen LogP contribution in [0.1, 0.15) is 42.9 Å². The van der Waals surface area contributed by atoms with Gasteiger partial charge in [0.2, 0.25) is 5.91 Å². The topological polar surface area (TPSA) is 71.3 Å². The van der Waals surface area contributed by atoms with E-state index in [1.54, 1.807) is 6.07 Å². The molecule has 0 aliphatic carbocycles. The molecule has 2 aromatic carbocycles. The Labute approximate surface area is 158 Å². The fourth-order valence-electron chi connectivity index (χ4n) is 3.20. The molecule has 1 atom stereocenters. The average molecular weight is 364 g/mol. The molecule has 5 heteroatoms. The van der Waals surface area contributed by atoms with Crippen molar-refractivity contribution >= 4 is 28.3 Å². The molecule has 3 rings (SSSR count). The summed E-state index contributed by atoms with van der Waals surface area (Å²) in [5.74, 6) is 0.0557. The van der Waals surface area contributed by atoms with Crippen LogP contribution in [0.5, 0.6) is 0 Å². The molecule has 140 valence electrons. The molecule has 5 nitrogen and oxygen atoms in total. The van der Waals surface area contributed by atoms with Crippen molar-refractivity contribution in [2.75, 3.05) is 11.9 Å². The van der Waals surface area contributed by atoms with Crippen molar-refractivity contribution in [1.29, 1.82) is 0 Å². The number of ketones is 1. The Balaban J connectivity index is 1.75. The second-order valence-corrected chi connectivity index (χ2v) is 6.92. The number of anilines is 1. The van der Waals surface area contributed by atoms with Gasteiger partial charge in [0, 0.05) is 18.4 Å². The van der Waals surface area contributed by atoms with Gasteiger partial charge in [-0.15, -0.1) is 0 Å². The fourth-order valence-corrected chi connectivity index (χ4v) is 3.20. The van der Waals surface area contributed by atoms with E-state index in [2.05, 4.69) is 24.5 Å². The number of para-hydroxylation sites is 1. The fraction of sp³-hybridized carbons (Fsp3) is 0.273. The van der Waals surface area contributed by atoms with E-state index in [-0.39, 0.29) is 30.0 Å². The number of furan rings is 1. The van der Waals surface area contributed by atoms with E-state index in [1.807, 2.05) is 48.5 Å². The standard InChI is InChI=1S/C22H24N2O3/c1-14(2)20(16-9-5-4-6-10-16)23-13-19(26)24-21-17-11-7-8-12-18(17)27-22(21)15(3)25/h4-12,14,20,23H,13H2,1-3H3,(H,24,26). The first kappa shape index (κ1) is 18.9. The summed E-state index contributed by atoms with van der Waals surface area (Å²) in [7, 11) is 0. The van der Waals surface area contributed by atoms with Crippen molar-refractivity contribution in [3.8, 4) is 0 Å². The summed E-state index contributed by atoms with van der Waals surface area (Å²) in [5.41, 5.74) is 2.15. The normalized spacial score (nSPS) is 12.3. The largest absolute Gasteiger partial charge is 0.451 e. The van der Waals surface area contributed by atoms with Crippen LogP contribution in [-0.4, -0.2) is 18.2 Å². The smallest absolute Gasteiger partial charge is 0.238 e. The minimum atomic E-state index is -0.223. The molecule has 0 aliphatic heterocycles. The molecule has 0 aliphatic rings. The SMILES string of the molecule is CC(=O)c1oc2ccccc2c1NC(=O)CNC(c1ccccc1)C(C)C. The highest BCUT2D eigenvalue weighted by molar-refractivity contribution is 6.11. The summed E-state index contributed by atoms with van der Waals surface area (Å²) >= 11 is 0. The van der Waals surface area contributed by atoms with Gasteiger partial charge in [-0.25, -0.2) is 0 Å². The van der Waals surface area contributed by atoms with Crippen molar-refractivity contribution in [1.82, 2.24) is 5.32 Å². The van der Waals surface area contributed by atoms with Crippen molar-refractivity contribution in [3.05, 3.63) is 65.9 Å². The monoisotopic (exact) mass is 364 g/mol. The number of Topliss-reactive ketones (excluding diaryl/α,β-unsaturated/α-hetero) is 1. The molecular formula is C22H24N2O3. The van der Waals surface area contributed by atoms with Crippen LogP contribution in [0.2, 0.25) is 0 Å². The molecular weight excluding hydrogens is 340 g/mol. The zero-order chi connectivity index (χ0) is 19.4. The summed E-state index contributed by atoms with van der Waals surface area (Å²) in [4.78, 5) is 24.5. The van der Waals surface area contributed by atoms with Gasteiger partial charge in [0.05, 0.1) is 12.2 Å².